The molecule has 2 aromatic carbocycles. The molecule has 2 amide bonds. The maximum atomic E-state index is 13.1. The largest absolute Gasteiger partial charge is 0.366 e. The summed E-state index contributed by atoms with van der Waals surface area (Å²) < 4.78 is 27.6. The number of hydrogen-bond acceptors (Lipinski definition) is 4. The van der Waals surface area contributed by atoms with Crippen molar-refractivity contribution in [1.29, 1.82) is 0 Å². The quantitative estimate of drug-likeness (QED) is 0.693. The van der Waals surface area contributed by atoms with Gasteiger partial charge in [0.05, 0.1) is 15.6 Å². The predicted molar refractivity (Wildman–Crippen MR) is 117 cm³/mol. The van der Waals surface area contributed by atoms with E-state index in [9.17, 15) is 18.0 Å². The third-order valence-electron chi connectivity index (χ3n) is 4.92. The number of carbonyl (C=O) groups is 2. The molecule has 160 valence electrons. The fourth-order valence-electron chi connectivity index (χ4n) is 3.34. The summed E-state index contributed by atoms with van der Waals surface area (Å²) in [5.74, 6) is -1.04. The highest BCUT2D eigenvalue weighted by molar-refractivity contribution is 7.89. The Hall–Kier alpha value is -2.13. The summed E-state index contributed by atoms with van der Waals surface area (Å²) in [6.45, 7) is 2.83. The molecule has 1 aliphatic rings. The van der Waals surface area contributed by atoms with Gasteiger partial charge in [-0.15, -0.1) is 0 Å². The van der Waals surface area contributed by atoms with E-state index in [1.807, 2.05) is 6.92 Å². The van der Waals surface area contributed by atoms with Crippen LogP contribution in [0.25, 0.3) is 0 Å². The van der Waals surface area contributed by atoms with E-state index >= 15 is 0 Å². The Labute approximate surface area is 185 Å². The van der Waals surface area contributed by atoms with Crippen LogP contribution in [0.15, 0.2) is 41.3 Å². The lowest BCUT2D eigenvalue weighted by Gasteiger charge is -2.30. The highest BCUT2D eigenvalue weighted by Crippen LogP contribution is 2.29. The molecule has 0 aliphatic carbocycles. The number of benzene rings is 2. The van der Waals surface area contributed by atoms with E-state index < -0.39 is 21.8 Å². The van der Waals surface area contributed by atoms with E-state index in [1.165, 1.54) is 40.7 Å². The van der Waals surface area contributed by atoms with Crippen molar-refractivity contribution in [3.63, 3.8) is 0 Å². The summed E-state index contributed by atoms with van der Waals surface area (Å²) in [4.78, 5) is 24.0. The van der Waals surface area contributed by atoms with Gasteiger partial charge in [0.2, 0.25) is 15.9 Å². The number of anilines is 1. The summed E-state index contributed by atoms with van der Waals surface area (Å²) in [6.07, 6.45) is 1.74. The molecule has 1 unspecified atom stereocenters. The molecule has 0 aromatic heterocycles. The van der Waals surface area contributed by atoms with Crippen LogP contribution in [0.3, 0.4) is 0 Å². The standard InChI is InChI=1S/C20H21Cl2N3O4S/c1-12-3-2-8-25(11-12)30(28,29)18-9-13(4-6-17(18)22)20(27)24-14-5-7-16(21)15(10-14)19(23)26/h4-7,9-10,12H,2-3,8,11H2,1H3,(H2,23,26)(H,24,27). The Morgan fingerprint density at radius 2 is 1.83 bits per heavy atom. The van der Waals surface area contributed by atoms with Gasteiger partial charge in [0.15, 0.2) is 0 Å². The minimum absolute atomic E-state index is 0.0484. The van der Waals surface area contributed by atoms with E-state index in [-0.39, 0.29) is 32.0 Å². The molecule has 7 nitrogen and oxygen atoms in total. The van der Waals surface area contributed by atoms with Crippen molar-refractivity contribution in [2.45, 2.75) is 24.7 Å². The first kappa shape index (κ1) is 22.6. The fourth-order valence-corrected chi connectivity index (χ4v) is 5.65. The van der Waals surface area contributed by atoms with Crippen LogP contribution < -0.4 is 11.1 Å². The van der Waals surface area contributed by atoms with Crippen LogP contribution >= 0.6 is 23.2 Å². The zero-order valence-electron chi connectivity index (χ0n) is 16.2. The van der Waals surface area contributed by atoms with E-state index in [4.69, 9.17) is 28.9 Å². The first-order valence-corrected chi connectivity index (χ1v) is 11.5. The van der Waals surface area contributed by atoms with Crippen LogP contribution in [0.1, 0.15) is 40.5 Å². The molecule has 0 bridgehead atoms. The van der Waals surface area contributed by atoms with Crippen LogP contribution in [-0.4, -0.2) is 37.6 Å². The van der Waals surface area contributed by atoms with Gasteiger partial charge < -0.3 is 11.1 Å². The number of nitrogens with two attached hydrogens (primary N) is 1. The monoisotopic (exact) mass is 469 g/mol. The topological polar surface area (TPSA) is 110 Å². The predicted octanol–water partition coefficient (Wildman–Crippen LogP) is 3.77. The minimum atomic E-state index is -3.84. The van der Waals surface area contributed by atoms with Crippen LogP contribution in [0.2, 0.25) is 10.0 Å². The Bertz CT molecular complexity index is 1110. The number of nitrogens with one attached hydrogen (secondary N) is 1. The molecule has 3 N–H and O–H groups in total. The molecular weight excluding hydrogens is 449 g/mol. The second-order valence-electron chi connectivity index (χ2n) is 7.27. The smallest absolute Gasteiger partial charge is 0.255 e. The number of sulfonamides is 1. The molecule has 1 atom stereocenters. The Balaban J connectivity index is 1.88. The number of rotatable bonds is 5. The maximum Gasteiger partial charge on any atom is 0.255 e. The molecular formula is C20H21Cl2N3O4S. The molecule has 30 heavy (non-hydrogen) atoms. The summed E-state index contributed by atoms with van der Waals surface area (Å²) >= 11 is 12.1. The average Bonchev–Trinajstić information content (AvgIpc) is 2.69. The number of nitrogens with zero attached hydrogens (tertiary/aromatic N) is 1. The van der Waals surface area contributed by atoms with Gasteiger partial charge in [0.1, 0.15) is 4.90 Å². The second kappa shape index (κ2) is 8.93. The number of piperidine rings is 1. The van der Waals surface area contributed by atoms with Crippen molar-refractivity contribution in [2.75, 3.05) is 18.4 Å². The van der Waals surface area contributed by atoms with Gasteiger partial charge >= 0.3 is 0 Å². The van der Waals surface area contributed by atoms with Crippen molar-refractivity contribution in [1.82, 2.24) is 4.31 Å². The van der Waals surface area contributed by atoms with Crippen molar-refractivity contribution < 1.29 is 18.0 Å². The number of hydrogen-bond donors (Lipinski definition) is 2. The van der Waals surface area contributed by atoms with Gasteiger partial charge in [-0.05, 0) is 55.2 Å². The van der Waals surface area contributed by atoms with Crippen molar-refractivity contribution in [3.8, 4) is 0 Å². The molecule has 0 saturated carbocycles. The molecule has 1 fully saturated rings. The summed E-state index contributed by atoms with van der Waals surface area (Å²) in [6, 6.07) is 8.37. The SMILES string of the molecule is CC1CCCN(S(=O)(=O)c2cc(C(=O)Nc3ccc(Cl)c(C(N)=O)c3)ccc2Cl)C1. The zero-order valence-corrected chi connectivity index (χ0v) is 18.5. The van der Waals surface area contributed by atoms with E-state index in [0.29, 0.717) is 18.8 Å². The van der Waals surface area contributed by atoms with E-state index in [0.717, 1.165) is 12.8 Å². The third kappa shape index (κ3) is 4.78. The highest BCUT2D eigenvalue weighted by atomic mass is 35.5. The highest BCUT2D eigenvalue weighted by Gasteiger charge is 2.31. The van der Waals surface area contributed by atoms with Crippen molar-refractivity contribution >= 4 is 50.7 Å². The molecule has 2 aromatic rings. The molecule has 0 spiro atoms. The van der Waals surface area contributed by atoms with Crippen molar-refractivity contribution in [2.24, 2.45) is 11.7 Å². The van der Waals surface area contributed by atoms with Gasteiger partial charge in [-0.2, -0.15) is 4.31 Å². The van der Waals surface area contributed by atoms with Crippen LogP contribution in [-0.2, 0) is 10.0 Å². The summed E-state index contributed by atoms with van der Waals surface area (Å²) in [5.41, 5.74) is 5.74. The van der Waals surface area contributed by atoms with E-state index in [2.05, 4.69) is 5.32 Å². The molecule has 1 heterocycles. The molecule has 1 aliphatic heterocycles. The summed E-state index contributed by atoms with van der Waals surface area (Å²) in [7, 11) is -3.84. The number of carbonyl (C=O) groups excluding carboxylic acids is 2. The Morgan fingerprint density at radius 3 is 2.50 bits per heavy atom. The van der Waals surface area contributed by atoms with Gasteiger partial charge in [-0.3, -0.25) is 9.59 Å². The molecule has 3 rings (SSSR count). The van der Waals surface area contributed by atoms with E-state index in [1.54, 1.807) is 0 Å². The number of amides is 2. The maximum absolute atomic E-state index is 13.1. The number of primary amides is 1. The Morgan fingerprint density at radius 1 is 1.13 bits per heavy atom. The van der Waals surface area contributed by atoms with Crippen LogP contribution in [0.5, 0.6) is 0 Å². The van der Waals surface area contributed by atoms with Crippen molar-refractivity contribution in [3.05, 3.63) is 57.6 Å². The van der Waals surface area contributed by atoms with Gasteiger partial charge in [-0.25, -0.2) is 8.42 Å². The first-order valence-electron chi connectivity index (χ1n) is 9.30. The lowest BCUT2D eigenvalue weighted by molar-refractivity contribution is 0.0996. The minimum Gasteiger partial charge on any atom is -0.366 e. The Kier molecular flexibility index (Phi) is 6.71. The molecule has 0 radical (unpaired) electrons. The number of halogens is 2. The summed E-state index contributed by atoms with van der Waals surface area (Å²) in [5, 5.41) is 2.82. The first-order chi connectivity index (χ1) is 14.1. The second-order valence-corrected chi connectivity index (χ2v) is 9.99. The van der Waals surface area contributed by atoms with Crippen LogP contribution in [0.4, 0.5) is 5.69 Å². The third-order valence-corrected chi connectivity index (χ3v) is 7.60. The lowest BCUT2D eigenvalue weighted by atomic mass is 10.0. The van der Waals surface area contributed by atoms with Gasteiger partial charge in [0.25, 0.3) is 5.91 Å². The normalized spacial score (nSPS) is 17.5. The van der Waals surface area contributed by atoms with Gasteiger partial charge in [0, 0.05) is 24.3 Å². The van der Waals surface area contributed by atoms with Crippen LogP contribution in [0, 0.1) is 5.92 Å². The average molecular weight is 470 g/mol. The molecule has 10 heteroatoms. The fraction of sp³-hybridized carbons (Fsp3) is 0.300. The molecule has 1 saturated heterocycles. The van der Waals surface area contributed by atoms with Gasteiger partial charge in [-0.1, -0.05) is 30.1 Å². The zero-order chi connectivity index (χ0) is 22.1. The lowest BCUT2D eigenvalue weighted by Crippen LogP contribution is -2.39.